The number of ether oxygens (including phenoxy) is 1. The number of benzene rings is 2. The Bertz CT molecular complexity index is 675. The number of carbonyl (C=O) groups is 1. The van der Waals surface area contributed by atoms with Crippen LogP contribution < -0.4 is 5.32 Å². The summed E-state index contributed by atoms with van der Waals surface area (Å²) in [6.07, 6.45) is 0.285. The fourth-order valence-corrected chi connectivity index (χ4v) is 2.12. The van der Waals surface area contributed by atoms with Gasteiger partial charge in [0.25, 0.3) is 0 Å². The molecule has 0 aliphatic rings. The monoisotopic (exact) mass is 294 g/mol. The molecule has 4 nitrogen and oxygen atoms in total. The molecule has 0 saturated heterocycles. The molecule has 0 heterocycles. The van der Waals surface area contributed by atoms with Crippen LogP contribution in [0.25, 0.3) is 0 Å². The van der Waals surface area contributed by atoms with Gasteiger partial charge in [-0.25, -0.2) is 4.79 Å². The highest BCUT2D eigenvalue weighted by molar-refractivity contribution is 5.67. The molecule has 0 aliphatic carbocycles. The lowest BCUT2D eigenvalue weighted by molar-refractivity contribution is 0.140. The van der Waals surface area contributed by atoms with Crippen LogP contribution in [0.1, 0.15) is 22.3 Å². The molecule has 1 amide bonds. The number of rotatable bonds is 5. The molecule has 112 valence electrons. The predicted molar refractivity (Wildman–Crippen MR) is 84.2 cm³/mol. The first kappa shape index (κ1) is 15.6. The summed E-state index contributed by atoms with van der Waals surface area (Å²) in [6.45, 7) is 2.73. The molecular weight excluding hydrogens is 276 g/mol. The fraction of sp³-hybridized carbons (Fsp3) is 0.222. The Labute approximate surface area is 130 Å². The Morgan fingerprint density at radius 3 is 2.68 bits per heavy atom. The van der Waals surface area contributed by atoms with E-state index in [4.69, 9.17) is 10.00 Å². The fourth-order valence-electron chi connectivity index (χ4n) is 2.12. The van der Waals surface area contributed by atoms with E-state index < -0.39 is 6.09 Å². The van der Waals surface area contributed by atoms with Crippen molar-refractivity contribution in [2.45, 2.75) is 20.0 Å². The first-order valence-corrected chi connectivity index (χ1v) is 7.13. The Morgan fingerprint density at radius 2 is 2.00 bits per heavy atom. The molecule has 0 unspecified atom stereocenters. The van der Waals surface area contributed by atoms with Gasteiger partial charge in [0.15, 0.2) is 0 Å². The molecule has 22 heavy (non-hydrogen) atoms. The third kappa shape index (κ3) is 4.64. The van der Waals surface area contributed by atoms with Gasteiger partial charge in [0.1, 0.15) is 6.61 Å². The number of nitrogens with zero attached hydrogens (tertiary/aromatic N) is 1. The average molecular weight is 294 g/mol. The Balaban J connectivity index is 1.74. The highest BCUT2D eigenvalue weighted by Gasteiger charge is 2.04. The van der Waals surface area contributed by atoms with Gasteiger partial charge in [-0.15, -0.1) is 0 Å². The molecule has 1 N–H and O–H groups in total. The van der Waals surface area contributed by atoms with E-state index in [1.807, 2.05) is 49.4 Å². The van der Waals surface area contributed by atoms with Gasteiger partial charge in [0.05, 0.1) is 11.6 Å². The van der Waals surface area contributed by atoms with Gasteiger partial charge in [0.2, 0.25) is 0 Å². The molecule has 0 fully saturated rings. The van der Waals surface area contributed by atoms with Gasteiger partial charge in [-0.05, 0) is 42.2 Å². The Hall–Kier alpha value is -2.80. The number of aryl methyl sites for hydroxylation is 1. The zero-order chi connectivity index (χ0) is 15.8. The van der Waals surface area contributed by atoms with E-state index in [-0.39, 0.29) is 6.61 Å². The van der Waals surface area contributed by atoms with E-state index in [9.17, 15) is 4.79 Å². The van der Waals surface area contributed by atoms with E-state index in [1.54, 1.807) is 6.07 Å². The number of alkyl carbamates (subject to hydrolysis) is 1. The van der Waals surface area contributed by atoms with E-state index in [1.165, 1.54) is 0 Å². The molecule has 2 aromatic carbocycles. The first-order chi connectivity index (χ1) is 10.7. The molecule has 0 atom stereocenters. The second-order valence-electron chi connectivity index (χ2n) is 4.99. The summed E-state index contributed by atoms with van der Waals surface area (Å²) in [7, 11) is 0. The van der Waals surface area contributed by atoms with Crippen LogP contribution in [-0.4, -0.2) is 12.6 Å². The molecule has 0 aliphatic heterocycles. The van der Waals surface area contributed by atoms with Gasteiger partial charge in [-0.3, -0.25) is 0 Å². The number of hydrogen-bond acceptors (Lipinski definition) is 3. The minimum absolute atomic E-state index is 0.266. The largest absolute Gasteiger partial charge is 0.445 e. The van der Waals surface area contributed by atoms with Crippen molar-refractivity contribution in [1.82, 2.24) is 5.32 Å². The lowest BCUT2D eigenvalue weighted by Crippen LogP contribution is -2.26. The van der Waals surface area contributed by atoms with Gasteiger partial charge < -0.3 is 10.1 Å². The van der Waals surface area contributed by atoms with Gasteiger partial charge in [-0.2, -0.15) is 5.26 Å². The zero-order valence-electron chi connectivity index (χ0n) is 12.5. The van der Waals surface area contributed by atoms with Crippen molar-refractivity contribution in [3.63, 3.8) is 0 Å². The van der Waals surface area contributed by atoms with Crippen molar-refractivity contribution in [2.24, 2.45) is 0 Å². The summed E-state index contributed by atoms with van der Waals surface area (Å²) in [5.41, 5.74) is 3.78. The molecule has 4 heteroatoms. The predicted octanol–water partition coefficient (Wildman–Crippen LogP) is 3.34. The standard InChI is InChI=1S/C18H18N2O2/c1-14-11-16(12-19)7-8-17(14)9-10-20-18(21)22-13-15-5-3-2-4-6-15/h2-8,11H,9-10,13H2,1H3,(H,20,21). The van der Waals surface area contributed by atoms with Crippen LogP contribution in [0.2, 0.25) is 0 Å². The van der Waals surface area contributed by atoms with E-state index in [2.05, 4.69) is 11.4 Å². The third-order valence-electron chi connectivity index (χ3n) is 3.35. The maximum Gasteiger partial charge on any atom is 0.407 e. The van der Waals surface area contributed by atoms with E-state index in [0.717, 1.165) is 16.7 Å². The highest BCUT2D eigenvalue weighted by Crippen LogP contribution is 2.10. The average Bonchev–Trinajstić information content (AvgIpc) is 2.55. The number of nitriles is 1. The molecular formula is C18H18N2O2. The number of amides is 1. The maximum absolute atomic E-state index is 11.6. The van der Waals surface area contributed by atoms with Crippen LogP contribution in [0.3, 0.4) is 0 Å². The molecule has 2 aromatic rings. The third-order valence-corrected chi connectivity index (χ3v) is 3.35. The topological polar surface area (TPSA) is 62.1 Å². The first-order valence-electron chi connectivity index (χ1n) is 7.13. The summed E-state index contributed by atoms with van der Waals surface area (Å²) in [4.78, 5) is 11.6. The quantitative estimate of drug-likeness (QED) is 0.920. The maximum atomic E-state index is 11.6. The lowest BCUT2D eigenvalue weighted by atomic mass is 10.0. The van der Waals surface area contributed by atoms with Crippen molar-refractivity contribution < 1.29 is 9.53 Å². The van der Waals surface area contributed by atoms with Crippen LogP contribution in [0.4, 0.5) is 4.79 Å². The van der Waals surface area contributed by atoms with E-state index in [0.29, 0.717) is 18.5 Å². The second kappa shape index (κ2) is 7.84. The molecule has 2 rings (SSSR count). The molecule has 0 aromatic heterocycles. The molecule has 0 spiro atoms. The smallest absolute Gasteiger partial charge is 0.407 e. The highest BCUT2D eigenvalue weighted by atomic mass is 16.5. The van der Waals surface area contributed by atoms with Gasteiger partial charge in [-0.1, -0.05) is 36.4 Å². The number of nitrogens with one attached hydrogen (secondary N) is 1. The minimum Gasteiger partial charge on any atom is -0.445 e. The van der Waals surface area contributed by atoms with Gasteiger partial charge in [0, 0.05) is 6.54 Å². The van der Waals surface area contributed by atoms with Crippen molar-refractivity contribution in [3.8, 4) is 6.07 Å². The van der Waals surface area contributed by atoms with Crippen molar-refractivity contribution >= 4 is 6.09 Å². The van der Waals surface area contributed by atoms with Crippen molar-refractivity contribution in [1.29, 1.82) is 5.26 Å². The number of carbonyl (C=O) groups excluding carboxylic acids is 1. The summed E-state index contributed by atoms with van der Waals surface area (Å²) in [5, 5.41) is 11.6. The van der Waals surface area contributed by atoms with Crippen molar-refractivity contribution in [3.05, 3.63) is 70.8 Å². The Morgan fingerprint density at radius 1 is 1.23 bits per heavy atom. The van der Waals surface area contributed by atoms with Crippen LogP contribution in [0.5, 0.6) is 0 Å². The summed E-state index contributed by atoms with van der Waals surface area (Å²) in [6, 6.07) is 17.2. The SMILES string of the molecule is Cc1cc(C#N)ccc1CCNC(=O)OCc1ccccc1. The summed E-state index contributed by atoms with van der Waals surface area (Å²) in [5.74, 6) is 0. The molecule has 0 radical (unpaired) electrons. The van der Waals surface area contributed by atoms with Crippen molar-refractivity contribution in [2.75, 3.05) is 6.54 Å². The molecule has 0 bridgehead atoms. The lowest BCUT2D eigenvalue weighted by Gasteiger charge is -2.09. The van der Waals surface area contributed by atoms with Crippen LogP contribution in [-0.2, 0) is 17.8 Å². The molecule has 0 saturated carbocycles. The summed E-state index contributed by atoms with van der Waals surface area (Å²) < 4.78 is 5.14. The normalized spacial score (nSPS) is 9.82. The number of hydrogen-bond donors (Lipinski definition) is 1. The van der Waals surface area contributed by atoms with Crippen LogP contribution >= 0.6 is 0 Å². The van der Waals surface area contributed by atoms with E-state index >= 15 is 0 Å². The Kier molecular flexibility index (Phi) is 5.56. The minimum atomic E-state index is -0.421. The van der Waals surface area contributed by atoms with Crippen LogP contribution in [0.15, 0.2) is 48.5 Å². The second-order valence-corrected chi connectivity index (χ2v) is 4.99. The van der Waals surface area contributed by atoms with Crippen LogP contribution in [0, 0.1) is 18.3 Å². The summed E-state index contributed by atoms with van der Waals surface area (Å²) >= 11 is 0. The van der Waals surface area contributed by atoms with Gasteiger partial charge >= 0.3 is 6.09 Å². The zero-order valence-corrected chi connectivity index (χ0v) is 12.5.